The molecule has 1 fully saturated rings. The Morgan fingerprint density at radius 2 is 2.15 bits per heavy atom. The van der Waals surface area contributed by atoms with Gasteiger partial charge in [0.2, 0.25) is 0 Å². The first-order chi connectivity index (χ1) is 12.7. The van der Waals surface area contributed by atoms with E-state index < -0.39 is 0 Å². The highest BCUT2D eigenvalue weighted by molar-refractivity contribution is 5.92. The average molecular weight is 355 g/mol. The summed E-state index contributed by atoms with van der Waals surface area (Å²) in [6.45, 7) is 2.68. The monoisotopic (exact) mass is 355 g/mol. The molecule has 1 aliphatic heterocycles. The van der Waals surface area contributed by atoms with Gasteiger partial charge >= 0.3 is 0 Å². The van der Waals surface area contributed by atoms with Gasteiger partial charge in [-0.05, 0) is 36.5 Å². The number of ether oxygens (including phenoxy) is 2. The molecule has 7 heteroatoms. The highest BCUT2D eigenvalue weighted by Crippen LogP contribution is 2.14. The van der Waals surface area contributed by atoms with Gasteiger partial charge in [-0.2, -0.15) is 5.26 Å². The zero-order valence-electron chi connectivity index (χ0n) is 14.4. The molecule has 1 saturated heterocycles. The minimum absolute atomic E-state index is 0.205. The molecule has 2 heterocycles. The van der Waals surface area contributed by atoms with Crippen molar-refractivity contribution in [1.29, 1.82) is 5.26 Å². The number of hydrogen-bond donors (Lipinski definition) is 1. The van der Waals surface area contributed by atoms with Gasteiger partial charge < -0.3 is 19.3 Å². The number of nitriles is 1. The molecule has 0 bridgehead atoms. The number of carbonyl (C=O) groups excluding carboxylic acids is 1. The summed E-state index contributed by atoms with van der Waals surface area (Å²) in [6, 6.07) is 10.9. The molecule has 0 saturated carbocycles. The summed E-state index contributed by atoms with van der Waals surface area (Å²) in [5, 5.41) is 15.6. The molecule has 3 rings (SSSR count). The summed E-state index contributed by atoms with van der Waals surface area (Å²) in [5.74, 6) is 0.692. The van der Waals surface area contributed by atoms with Crippen LogP contribution in [0.1, 0.15) is 40.2 Å². The van der Waals surface area contributed by atoms with Crippen LogP contribution in [0.25, 0.3) is 0 Å². The Morgan fingerprint density at radius 1 is 1.31 bits per heavy atom. The third-order valence-corrected chi connectivity index (χ3v) is 4.25. The zero-order chi connectivity index (χ0) is 18.2. The average Bonchev–Trinajstić information content (AvgIpc) is 3.16. The van der Waals surface area contributed by atoms with Gasteiger partial charge in [-0.15, -0.1) is 0 Å². The van der Waals surface area contributed by atoms with Crippen molar-refractivity contribution < 1.29 is 18.8 Å². The SMILES string of the molecule is N#Cc1cccc(COCc2cc(C(=O)NCC3CCOCC3)no2)c1. The Labute approximate surface area is 151 Å². The summed E-state index contributed by atoms with van der Waals surface area (Å²) >= 11 is 0. The fraction of sp³-hybridized carbons (Fsp3) is 0.421. The van der Waals surface area contributed by atoms with E-state index in [1.165, 1.54) is 0 Å². The van der Waals surface area contributed by atoms with Gasteiger partial charge in [0, 0.05) is 25.8 Å². The minimum Gasteiger partial charge on any atom is -0.381 e. The van der Waals surface area contributed by atoms with Gasteiger partial charge in [-0.3, -0.25) is 4.79 Å². The van der Waals surface area contributed by atoms with Crippen LogP contribution in [0, 0.1) is 17.2 Å². The lowest BCUT2D eigenvalue weighted by molar-refractivity contribution is 0.0641. The van der Waals surface area contributed by atoms with Crippen LogP contribution in [0.2, 0.25) is 0 Å². The predicted molar refractivity (Wildman–Crippen MR) is 92.0 cm³/mol. The summed E-state index contributed by atoms with van der Waals surface area (Å²) < 4.78 is 16.0. The molecule has 1 aromatic heterocycles. The lowest BCUT2D eigenvalue weighted by Gasteiger charge is -2.21. The van der Waals surface area contributed by atoms with Gasteiger partial charge in [0.25, 0.3) is 5.91 Å². The number of nitrogens with zero attached hydrogens (tertiary/aromatic N) is 2. The van der Waals surface area contributed by atoms with Crippen LogP contribution < -0.4 is 5.32 Å². The van der Waals surface area contributed by atoms with E-state index in [2.05, 4.69) is 16.5 Å². The van der Waals surface area contributed by atoms with Crippen molar-refractivity contribution in [2.24, 2.45) is 5.92 Å². The maximum atomic E-state index is 12.1. The number of nitrogens with one attached hydrogen (secondary N) is 1. The van der Waals surface area contributed by atoms with Crippen molar-refractivity contribution in [3.8, 4) is 6.07 Å². The number of rotatable bonds is 7. The molecule has 7 nitrogen and oxygen atoms in total. The highest BCUT2D eigenvalue weighted by Gasteiger charge is 2.17. The van der Waals surface area contributed by atoms with E-state index in [0.717, 1.165) is 31.6 Å². The Bertz CT molecular complexity index is 775. The number of hydrogen-bond acceptors (Lipinski definition) is 6. The molecule has 26 heavy (non-hydrogen) atoms. The van der Waals surface area contributed by atoms with Crippen LogP contribution in [-0.4, -0.2) is 30.8 Å². The van der Waals surface area contributed by atoms with Crippen LogP contribution >= 0.6 is 0 Å². The summed E-state index contributed by atoms with van der Waals surface area (Å²) in [4.78, 5) is 12.1. The highest BCUT2D eigenvalue weighted by atomic mass is 16.5. The van der Waals surface area contributed by atoms with Crippen molar-refractivity contribution in [2.45, 2.75) is 26.1 Å². The first kappa shape index (κ1) is 18.1. The quantitative estimate of drug-likeness (QED) is 0.819. The number of amides is 1. The summed E-state index contributed by atoms with van der Waals surface area (Å²) in [5.41, 5.74) is 1.74. The number of benzene rings is 1. The molecule has 0 unspecified atom stereocenters. The molecule has 1 N–H and O–H groups in total. The van der Waals surface area contributed by atoms with Gasteiger partial charge in [0.1, 0.15) is 6.61 Å². The first-order valence-electron chi connectivity index (χ1n) is 8.63. The van der Waals surface area contributed by atoms with E-state index in [0.29, 0.717) is 30.4 Å². The standard InChI is InChI=1S/C19H21N3O4/c20-10-15-2-1-3-16(8-15)12-25-13-17-9-18(22-26-17)19(23)21-11-14-4-6-24-7-5-14/h1-3,8-9,14H,4-7,11-13H2,(H,21,23). The Kier molecular flexibility index (Phi) is 6.36. The fourth-order valence-electron chi connectivity index (χ4n) is 2.77. The second-order valence-corrected chi connectivity index (χ2v) is 6.25. The van der Waals surface area contributed by atoms with E-state index in [9.17, 15) is 4.79 Å². The van der Waals surface area contributed by atoms with Gasteiger partial charge in [0.05, 0.1) is 18.2 Å². The smallest absolute Gasteiger partial charge is 0.273 e. The lowest BCUT2D eigenvalue weighted by Crippen LogP contribution is -2.32. The maximum Gasteiger partial charge on any atom is 0.273 e. The van der Waals surface area contributed by atoms with Crippen LogP contribution in [0.4, 0.5) is 0 Å². The van der Waals surface area contributed by atoms with E-state index in [4.69, 9.17) is 19.3 Å². The van der Waals surface area contributed by atoms with E-state index >= 15 is 0 Å². The molecule has 0 spiro atoms. The van der Waals surface area contributed by atoms with Crippen molar-refractivity contribution in [3.05, 3.63) is 52.9 Å². The molecule has 0 aliphatic carbocycles. The molecule has 1 aliphatic rings. The minimum atomic E-state index is -0.242. The van der Waals surface area contributed by atoms with Crippen LogP contribution in [0.15, 0.2) is 34.9 Å². The summed E-state index contributed by atoms with van der Waals surface area (Å²) in [6.07, 6.45) is 1.93. The predicted octanol–water partition coefficient (Wildman–Crippen LogP) is 2.42. The van der Waals surface area contributed by atoms with Crippen LogP contribution in [-0.2, 0) is 22.7 Å². The summed E-state index contributed by atoms with van der Waals surface area (Å²) in [7, 11) is 0. The topological polar surface area (TPSA) is 97.4 Å². The van der Waals surface area contributed by atoms with Gasteiger partial charge in [-0.25, -0.2) is 0 Å². The van der Waals surface area contributed by atoms with Crippen molar-refractivity contribution >= 4 is 5.91 Å². The van der Waals surface area contributed by atoms with E-state index in [-0.39, 0.29) is 18.2 Å². The molecule has 0 atom stereocenters. The molecule has 136 valence electrons. The van der Waals surface area contributed by atoms with Crippen molar-refractivity contribution in [3.63, 3.8) is 0 Å². The van der Waals surface area contributed by atoms with E-state index in [1.807, 2.05) is 12.1 Å². The van der Waals surface area contributed by atoms with Gasteiger partial charge in [0.15, 0.2) is 11.5 Å². The first-order valence-corrected chi connectivity index (χ1v) is 8.63. The maximum absolute atomic E-state index is 12.1. The second-order valence-electron chi connectivity index (χ2n) is 6.25. The Morgan fingerprint density at radius 3 is 2.96 bits per heavy atom. The van der Waals surface area contributed by atoms with Gasteiger partial charge in [-0.1, -0.05) is 17.3 Å². The van der Waals surface area contributed by atoms with Crippen LogP contribution in [0.5, 0.6) is 0 Å². The fourth-order valence-corrected chi connectivity index (χ4v) is 2.77. The van der Waals surface area contributed by atoms with E-state index in [1.54, 1.807) is 18.2 Å². The molecular weight excluding hydrogens is 334 g/mol. The van der Waals surface area contributed by atoms with Crippen molar-refractivity contribution in [2.75, 3.05) is 19.8 Å². The lowest BCUT2D eigenvalue weighted by atomic mass is 10.0. The normalized spacial score (nSPS) is 14.7. The van der Waals surface area contributed by atoms with Crippen molar-refractivity contribution in [1.82, 2.24) is 10.5 Å². The Hall–Kier alpha value is -2.69. The second kappa shape index (κ2) is 9.13. The molecular formula is C19H21N3O4. The zero-order valence-corrected chi connectivity index (χ0v) is 14.4. The third kappa shape index (κ3) is 5.15. The Balaban J connectivity index is 1.43. The third-order valence-electron chi connectivity index (χ3n) is 4.25. The van der Waals surface area contributed by atoms with Crippen LogP contribution in [0.3, 0.4) is 0 Å². The molecule has 1 aromatic carbocycles. The molecule has 1 amide bonds. The molecule has 2 aromatic rings. The number of aromatic nitrogens is 1. The molecule has 0 radical (unpaired) electrons. The largest absolute Gasteiger partial charge is 0.381 e. The number of carbonyl (C=O) groups is 1.